The third-order valence-electron chi connectivity index (χ3n) is 4.04. The molecule has 1 aromatic carbocycles. The van der Waals surface area contributed by atoms with Crippen LogP contribution < -0.4 is 0 Å². The van der Waals surface area contributed by atoms with Gasteiger partial charge in [0.25, 0.3) is 10.0 Å². The number of rotatable bonds is 5. The smallest absolute Gasteiger partial charge is 0.252 e. The van der Waals surface area contributed by atoms with Gasteiger partial charge in [-0.05, 0) is 38.1 Å². The number of carbonyl (C=O) groups is 1. The fraction of sp³-hybridized carbons (Fsp3) is 0.316. The zero-order chi connectivity index (χ0) is 18.7. The summed E-state index contributed by atoms with van der Waals surface area (Å²) in [6.07, 6.45) is 2.87. The normalized spacial score (nSPS) is 21.9. The minimum absolute atomic E-state index is 0.112. The van der Waals surface area contributed by atoms with E-state index in [-0.39, 0.29) is 22.2 Å². The van der Waals surface area contributed by atoms with Crippen molar-refractivity contribution in [2.45, 2.75) is 30.3 Å². The second-order valence-electron chi connectivity index (χ2n) is 6.30. The van der Waals surface area contributed by atoms with Crippen LogP contribution in [-0.2, 0) is 14.8 Å². The molecule has 0 unspecified atom stereocenters. The van der Waals surface area contributed by atoms with E-state index >= 15 is 0 Å². The molecule has 0 bridgehead atoms. The van der Waals surface area contributed by atoms with Crippen LogP contribution in [-0.4, -0.2) is 43.8 Å². The Kier molecular flexibility index (Phi) is 5.72. The van der Waals surface area contributed by atoms with Crippen LogP contribution >= 0.6 is 11.3 Å². The zero-order valence-corrected chi connectivity index (χ0v) is 16.3. The number of ketones is 1. The molecule has 7 heteroatoms. The SMILES string of the molecule is C[C@@H]1CN(S(=O)(=O)c2ccc(/C=C\C(=O)c3ccccc3)s2)C[C@@H](C)O1. The molecule has 138 valence electrons. The van der Waals surface area contributed by atoms with E-state index in [4.69, 9.17) is 4.74 Å². The maximum absolute atomic E-state index is 12.8. The van der Waals surface area contributed by atoms with Crippen LogP contribution in [0.1, 0.15) is 29.1 Å². The van der Waals surface area contributed by atoms with Crippen molar-refractivity contribution < 1.29 is 17.9 Å². The summed E-state index contributed by atoms with van der Waals surface area (Å²) in [5.41, 5.74) is 0.601. The van der Waals surface area contributed by atoms with E-state index in [9.17, 15) is 13.2 Å². The topological polar surface area (TPSA) is 63.7 Å². The van der Waals surface area contributed by atoms with Gasteiger partial charge in [-0.1, -0.05) is 30.3 Å². The third-order valence-corrected chi connectivity index (χ3v) is 7.39. The Morgan fingerprint density at radius 1 is 1.12 bits per heavy atom. The van der Waals surface area contributed by atoms with Gasteiger partial charge in [0.1, 0.15) is 4.21 Å². The molecule has 0 saturated carbocycles. The minimum atomic E-state index is -3.54. The first-order valence-electron chi connectivity index (χ1n) is 8.39. The van der Waals surface area contributed by atoms with E-state index in [0.29, 0.717) is 18.7 Å². The number of hydrogen-bond acceptors (Lipinski definition) is 5. The van der Waals surface area contributed by atoms with E-state index in [1.165, 1.54) is 10.4 Å². The van der Waals surface area contributed by atoms with Crippen LogP contribution in [0.15, 0.2) is 52.7 Å². The molecule has 0 spiro atoms. The van der Waals surface area contributed by atoms with E-state index in [1.807, 2.05) is 19.9 Å². The Bertz CT molecular complexity index is 893. The minimum Gasteiger partial charge on any atom is -0.373 e. The molecule has 2 aromatic rings. The van der Waals surface area contributed by atoms with Crippen LogP contribution in [0.25, 0.3) is 6.08 Å². The molecule has 2 atom stereocenters. The van der Waals surface area contributed by atoms with Crippen LogP contribution in [0.3, 0.4) is 0 Å². The Morgan fingerprint density at radius 2 is 1.77 bits per heavy atom. The molecule has 1 aliphatic heterocycles. The predicted octanol–water partition coefficient (Wildman–Crippen LogP) is 3.44. The molecule has 0 N–H and O–H groups in total. The average molecular weight is 392 g/mol. The fourth-order valence-corrected chi connectivity index (χ4v) is 5.85. The van der Waals surface area contributed by atoms with Crippen LogP contribution in [0.2, 0.25) is 0 Å². The molecule has 0 amide bonds. The van der Waals surface area contributed by atoms with Crippen molar-refractivity contribution in [3.8, 4) is 0 Å². The molecule has 0 aliphatic carbocycles. The van der Waals surface area contributed by atoms with Gasteiger partial charge in [0.2, 0.25) is 0 Å². The monoisotopic (exact) mass is 391 g/mol. The second-order valence-corrected chi connectivity index (χ2v) is 9.58. The van der Waals surface area contributed by atoms with Gasteiger partial charge in [-0.3, -0.25) is 4.79 Å². The lowest BCUT2D eigenvalue weighted by Crippen LogP contribution is -2.47. The standard InChI is InChI=1S/C19H21NO4S2/c1-14-12-20(13-15(2)24-14)26(22,23)19-11-9-17(25-19)8-10-18(21)16-6-4-3-5-7-16/h3-11,14-15H,12-13H2,1-2H3/b10-8-/t14-,15-/m1/s1. The summed E-state index contributed by atoms with van der Waals surface area (Å²) in [5, 5.41) is 0. The van der Waals surface area contributed by atoms with Crippen molar-refractivity contribution >= 4 is 33.2 Å². The molecular weight excluding hydrogens is 370 g/mol. The molecule has 2 heterocycles. The third kappa shape index (κ3) is 4.29. The Labute approximate surface area is 158 Å². The Hall–Kier alpha value is -1.80. The van der Waals surface area contributed by atoms with Crippen LogP contribution in [0.5, 0.6) is 0 Å². The highest BCUT2D eigenvalue weighted by Crippen LogP contribution is 2.28. The lowest BCUT2D eigenvalue weighted by atomic mass is 10.1. The quantitative estimate of drug-likeness (QED) is 0.579. The van der Waals surface area contributed by atoms with E-state index in [1.54, 1.807) is 42.5 Å². The van der Waals surface area contributed by atoms with Gasteiger partial charge < -0.3 is 4.74 Å². The van der Waals surface area contributed by atoms with Gasteiger partial charge >= 0.3 is 0 Å². The second kappa shape index (κ2) is 7.84. The number of morpholine rings is 1. The average Bonchev–Trinajstić information content (AvgIpc) is 3.09. The summed E-state index contributed by atoms with van der Waals surface area (Å²) in [6.45, 7) is 4.44. The van der Waals surface area contributed by atoms with Gasteiger partial charge in [-0.25, -0.2) is 8.42 Å². The highest BCUT2D eigenvalue weighted by Gasteiger charge is 2.32. The first-order chi connectivity index (χ1) is 12.4. The van der Waals surface area contributed by atoms with Crippen molar-refractivity contribution in [3.63, 3.8) is 0 Å². The molecule has 1 aliphatic rings. The number of nitrogens with zero attached hydrogens (tertiary/aromatic N) is 1. The molecule has 3 rings (SSSR count). The van der Waals surface area contributed by atoms with Crippen molar-refractivity contribution in [1.82, 2.24) is 4.31 Å². The van der Waals surface area contributed by atoms with Crippen LogP contribution in [0.4, 0.5) is 0 Å². The first kappa shape index (κ1) is 19.0. The number of thiophene rings is 1. The lowest BCUT2D eigenvalue weighted by Gasteiger charge is -2.34. The predicted molar refractivity (Wildman–Crippen MR) is 103 cm³/mol. The summed E-state index contributed by atoms with van der Waals surface area (Å²) in [6, 6.07) is 12.3. The van der Waals surface area contributed by atoms with Gasteiger partial charge in [-0.15, -0.1) is 11.3 Å². The molecule has 1 aromatic heterocycles. The number of carbonyl (C=O) groups excluding carboxylic acids is 1. The van der Waals surface area contributed by atoms with Gasteiger partial charge in [-0.2, -0.15) is 4.31 Å². The highest BCUT2D eigenvalue weighted by molar-refractivity contribution is 7.91. The highest BCUT2D eigenvalue weighted by atomic mass is 32.2. The van der Waals surface area contributed by atoms with Gasteiger partial charge in [0.15, 0.2) is 5.78 Å². The summed E-state index contributed by atoms with van der Waals surface area (Å²) >= 11 is 1.16. The fourth-order valence-electron chi connectivity index (χ4n) is 2.87. The lowest BCUT2D eigenvalue weighted by molar-refractivity contribution is -0.0440. The van der Waals surface area contributed by atoms with Crippen molar-refractivity contribution in [3.05, 3.63) is 59.0 Å². The number of allylic oxidation sites excluding steroid dienone is 1. The Morgan fingerprint density at radius 3 is 2.42 bits per heavy atom. The molecule has 0 radical (unpaired) electrons. The maximum atomic E-state index is 12.8. The largest absolute Gasteiger partial charge is 0.373 e. The van der Waals surface area contributed by atoms with Crippen molar-refractivity contribution in [2.75, 3.05) is 13.1 Å². The summed E-state index contributed by atoms with van der Waals surface area (Å²) in [5.74, 6) is -0.112. The summed E-state index contributed by atoms with van der Waals surface area (Å²) < 4.78 is 33.0. The maximum Gasteiger partial charge on any atom is 0.252 e. The van der Waals surface area contributed by atoms with E-state index in [2.05, 4.69) is 0 Å². The van der Waals surface area contributed by atoms with Crippen LogP contribution in [0, 0.1) is 0 Å². The summed E-state index contributed by atoms with van der Waals surface area (Å²) in [4.78, 5) is 12.8. The Balaban J connectivity index is 1.75. The van der Waals surface area contributed by atoms with Crippen molar-refractivity contribution in [2.24, 2.45) is 0 Å². The van der Waals surface area contributed by atoms with Crippen molar-refractivity contribution in [1.29, 1.82) is 0 Å². The zero-order valence-electron chi connectivity index (χ0n) is 14.7. The van der Waals surface area contributed by atoms with Gasteiger partial charge in [0.05, 0.1) is 12.2 Å². The van der Waals surface area contributed by atoms with E-state index in [0.717, 1.165) is 16.2 Å². The number of hydrogen-bond donors (Lipinski definition) is 0. The molecule has 26 heavy (non-hydrogen) atoms. The number of ether oxygens (including phenoxy) is 1. The van der Waals surface area contributed by atoms with Gasteiger partial charge in [0, 0.05) is 23.5 Å². The number of sulfonamides is 1. The molecular formula is C19H21NO4S2. The van der Waals surface area contributed by atoms with E-state index < -0.39 is 10.0 Å². The molecule has 1 saturated heterocycles. The first-order valence-corrected chi connectivity index (χ1v) is 10.6. The number of benzene rings is 1. The molecule has 5 nitrogen and oxygen atoms in total. The molecule has 1 fully saturated rings. The summed E-state index contributed by atoms with van der Waals surface area (Å²) in [7, 11) is -3.54.